The monoisotopic (exact) mass is 317 g/mol. The first-order valence-corrected chi connectivity index (χ1v) is 4.06. The molecule has 0 bridgehead atoms. The van der Waals surface area contributed by atoms with E-state index in [2.05, 4.69) is 64.6 Å². The molecule has 0 rings (SSSR count). The number of rotatable bonds is 1. The minimum absolute atomic E-state index is 0.677. The SMILES string of the molecule is O=[C]OC#CC(Br)(Br)Br. The van der Waals surface area contributed by atoms with Gasteiger partial charge in [0, 0.05) is 0 Å². The highest BCUT2D eigenvalue weighted by Crippen LogP contribution is 2.31. The van der Waals surface area contributed by atoms with Crippen molar-refractivity contribution in [3.05, 3.63) is 0 Å². The minimum Gasteiger partial charge on any atom is -0.364 e. The van der Waals surface area contributed by atoms with Crippen LogP contribution in [0.4, 0.5) is 0 Å². The van der Waals surface area contributed by atoms with E-state index in [0.29, 0.717) is 0 Å². The lowest BCUT2D eigenvalue weighted by Gasteiger charge is -1.96. The van der Waals surface area contributed by atoms with Crippen molar-refractivity contribution in [3.63, 3.8) is 0 Å². The van der Waals surface area contributed by atoms with E-state index in [9.17, 15) is 4.79 Å². The molecule has 0 aromatic carbocycles. The first-order chi connectivity index (χ1) is 4.06. The van der Waals surface area contributed by atoms with Crippen molar-refractivity contribution in [3.8, 4) is 12.0 Å². The van der Waals surface area contributed by atoms with Gasteiger partial charge in [0.1, 0.15) is 6.11 Å². The largest absolute Gasteiger partial charge is 0.432 e. The standard InChI is InChI=1S/C4Br3O2/c5-4(6,7)1-2-9-3-8. The third-order valence-corrected chi connectivity index (χ3v) is 0.880. The summed E-state index contributed by atoms with van der Waals surface area (Å²) in [6.45, 7) is 1.15. The van der Waals surface area contributed by atoms with Crippen LogP contribution in [0, 0.1) is 12.0 Å². The van der Waals surface area contributed by atoms with Crippen LogP contribution in [0.2, 0.25) is 0 Å². The zero-order valence-corrected chi connectivity index (χ0v) is 8.71. The average Bonchev–Trinajstić information content (AvgIpc) is 1.63. The van der Waals surface area contributed by atoms with E-state index < -0.39 is 2.14 Å². The molecule has 0 atom stereocenters. The molecule has 0 saturated heterocycles. The van der Waals surface area contributed by atoms with E-state index in [-0.39, 0.29) is 0 Å². The van der Waals surface area contributed by atoms with Crippen LogP contribution < -0.4 is 0 Å². The lowest BCUT2D eigenvalue weighted by molar-refractivity contribution is 0.420. The summed E-state index contributed by atoms with van der Waals surface area (Å²) >= 11 is 9.18. The molecule has 0 aliphatic heterocycles. The second-order valence-corrected chi connectivity index (χ2v) is 7.67. The Hall–Kier alpha value is 0.470. The Morgan fingerprint density at radius 2 is 1.89 bits per heavy atom. The van der Waals surface area contributed by atoms with Crippen molar-refractivity contribution >= 4 is 54.3 Å². The van der Waals surface area contributed by atoms with Gasteiger partial charge in [-0.1, -0.05) is 0 Å². The molecule has 0 spiro atoms. The molecule has 0 amide bonds. The topological polar surface area (TPSA) is 26.3 Å². The Labute approximate surface area is 77.7 Å². The van der Waals surface area contributed by atoms with E-state index in [1.54, 1.807) is 0 Å². The zero-order valence-electron chi connectivity index (χ0n) is 3.95. The van der Waals surface area contributed by atoms with Crippen LogP contribution in [-0.2, 0) is 9.53 Å². The van der Waals surface area contributed by atoms with Gasteiger partial charge >= 0.3 is 6.47 Å². The molecular formula is C4Br3O2. The van der Waals surface area contributed by atoms with E-state index in [1.807, 2.05) is 0 Å². The molecule has 1 radical (unpaired) electrons. The molecule has 0 aromatic rings. The Bertz CT molecular complexity index is 149. The van der Waals surface area contributed by atoms with Crippen LogP contribution in [0.3, 0.4) is 0 Å². The molecule has 9 heavy (non-hydrogen) atoms. The molecule has 0 aliphatic rings. The normalized spacial score (nSPS) is 9.22. The number of hydrogen-bond acceptors (Lipinski definition) is 2. The van der Waals surface area contributed by atoms with Gasteiger partial charge in [-0.25, -0.2) is 4.79 Å². The molecule has 2 nitrogen and oxygen atoms in total. The van der Waals surface area contributed by atoms with E-state index >= 15 is 0 Å². The first-order valence-electron chi connectivity index (χ1n) is 1.68. The van der Waals surface area contributed by atoms with Crippen LogP contribution in [0.1, 0.15) is 0 Å². The summed E-state index contributed by atoms with van der Waals surface area (Å²) in [5, 5.41) is 0. The minimum atomic E-state index is -0.677. The van der Waals surface area contributed by atoms with Crippen LogP contribution in [0.25, 0.3) is 0 Å². The molecule has 0 saturated carbocycles. The predicted octanol–water partition coefficient (Wildman–Crippen LogP) is 1.87. The zero-order chi connectivity index (χ0) is 7.33. The van der Waals surface area contributed by atoms with Gasteiger partial charge < -0.3 is 4.74 Å². The van der Waals surface area contributed by atoms with Crippen molar-refractivity contribution in [2.24, 2.45) is 0 Å². The highest BCUT2D eigenvalue weighted by molar-refractivity contribution is 9.39. The van der Waals surface area contributed by atoms with Gasteiger partial charge in [0.15, 0.2) is 2.14 Å². The van der Waals surface area contributed by atoms with Crippen LogP contribution in [-0.4, -0.2) is 8.62 Å². The number of hydrogen-bond donors (Lipinski definition) is 0. The highest BCUT2D eigenvalue weighted by Gasteiger charge is 2.12. The number of alkyl halides is 3. The van der Waals surface area contributed by atoms with Crippen molar-refractivity contribution in [2.45, 2.75) is 2.14 Å². The molecule has 0 fully saturated rings. The predicted molar refractivity (Wildman–Crippen MR) is 44.1 cm³/mol. The number of halogens is 3. The molecule has 5 heteroatoms. The summed E-state index contributed by atoms with van der Waals surface area (Å²) in [7, 11) is 0. The van der Waals surface area contributed by atoms with E-state index in [1.165, 1.54) is 0 Å². The van der Waals surface area contributed by atoms with Crippen molar-refractivity contribution in [1.82, 2.24) is 0 Å². The molecule has 0 aromatic heterocycles. The van der Waals surface area contributed by atoms with Crippen LogP contribution in [0.5, 0.6) is 0 Å². The fourth-order valence-electron chi connectivity index (χ4n) is 0.104. The maximum Gasteiger partial charge on any atom is 0.432 e. The van der Waals surface area contributed by atoms with Gasteiger partial charge in [-0.15, -0.1) is 0 Å². The molecular weight excluding hydrogens is 320 g/mol. The van der Waals surface area contributed by atoms with Crippen molar-refractivity contribution in [1.29, 1.82) is 0 Å². The lowest BCUT2D eigenvalue weighted by Crippen LogP contribution is -1.92. The smallest absolute Gasteiger partial charge is 0.364 e. The van der Waals surface area contributed by atoms with Crippen LogP contribution in [0.15, 0.2) is 0 Å². The summed E-state index contributed by atoms with van der Waals surface area (Å²) in [4.78, 5) is 9.40. The van der Waals surface area contributed by atoms with Crippen molar-refractivity contribution < 1.29 is 9.53 Å². The second-order valence-electron chi connectivity index (χ2n) is 0.910. The fraction of sp³-hybridized carbons (Fsp3) is 0.250. The lowest BCUT2D eigenvalue weighted by atomic mass is 10.8. The Morgan fingerprint density at radius 1 is 1.33 bits per heavy atom. The Morgan fingerprint density at radius 3 is 2.22 bits per heavy atom. The van der Waals surface area contributed by atoms with Gasteiger partial charge in [-0.05, 0) is 53.7 Å². The van der Waals surface area contributed by atoms with Gasteiger partial charge in [-0.3, -0.25) is 0 Å². The Balaban J connectivity index is 3.72. The third kappa shape index (κ3) is 8.47. The second kappa shape index (κ2) is 4.31. The molecule has 0 N–H and O–H groups in total. The summed E-state index contributed by atoms with van der Waals surface area (Å²) in [5.41, 5.74) is 0. The maximum atomic E-state index is 9.40. The van der Waals surface area contributed by atoms with Crippen molar-refractivity contribution in [2.75, 3.05) is 0 Å². The molecule has 0 unspecified atom stereocenters. The number of ether oxygens (including phenoxy) is 1. The highest BCUT2D eigenvalue weighted by atomic mass is 80.0. The molecule has 0 aliphatic carbocycles. The van der Waals surface area contributed by atoms with Gasteiger partial charge in [0.05, 0.1) is 0 Å². The molecule has 49 valence electrons. The third-order valence-electron chi connectivity index (χ3n) is 0.285. The van der Waals surface area contributed by atoms with Gasteiger partial charge in [-0.2, -0.15) is 0 Å². The quantitative estimate of drug-likeness (QED) is 0.545. The summed E-state index contributed by atoms with van der Waals surface area (Å²) in [6, 6.07) is 0. The maximum absolute atomic E-state index is 9.40. The fourth-order valence-corrected chi connectivity index (χ4v) is 0.347. The molecule has 0 heterocycles. The average molecular weight is 320 g/mol. The van der Waals surface area contributed by atoms with E-state index in [4.69, 9.17) is 0 Å². The van der Waals surface area contributed by atoms with Gasteiger partial charge in [0.2, 0.25) is 0 Å². The van der Waals surface area contributed by atoms with E-state index in [0.717, 1.165) is 6.47 Å². The summed E-state index contributed by atoms with van der Waals surface area (Å²) in [5.74, 6) is 2.44. The van der Waals surface area contributed by atoms with Crippen LogP contribution >= 0.6 is 47.8 Å². The Kier molecular flexibility index (Phi) is 4.54. The first kappa shape index (κ1) is 9.47. The summed E-state index contributed by atoms with van der Waals surface area (Å²) < 4.78 is 3.28. The van der Waals surface area contributed by atoms with Gasteiger partial charge in [0.25, 0.3) is 0 Å². The summed E-state index contributed by atoms with van der Waals surface area (Å²) in [6.07, 6.45) is 2.06. The number of carbonyl (C=O) groups excluding carboxylic acids is 1.